The molecule has 3 N–H and O–H groups in total. The molecule has 8 heteroatoms. The molecule has 5 rings (SSSR count). The summed E-state index contributed by atoms with van der Waals surface area (Å²) in [5.41, 5.74) is 9.68. The molecule has 1 saturated heterocycles. The Kier molecular flexibility index (Phi) is 7.18. The first-order chi connectivity index (χ1) is 18.0. The van der Waals surface area contributed by atoms with Crippen LogP contribution in [0.1, 0.15) is 34.3 Å². The molecular weight excluding hydrogens is 470 g/mol. The summed E-state index contributed by atoms with van der Waals surface area (Å²) >= 11 is 0. The number of carbonyl (C=O) groups excluding carboxylic acids is 2. The second-order valence-corrected chi connectivity index (χ2v) is 9.26. The van der Waals surface area contributed by atoms with Gasteiger partial charge in [0.15, 0.2) is 17.3 Å². The van der Waals surface area contributed by atoms with Crippen molar-refractivity contribution in [2.45, 2.75) is 25.4 Å². The van der Waals surface area contributed by atoms with Crippen molar-refractivity contribution in [1.29, 1.82) is 0 Å². The summed E-state index contributed by atoms with van der Waals surface area (Å²) in [6, 6.07) is 14.6. The Hall–Kier alpha value is -4.17. The number of aromatic nitrogens is 1. The number of rotatable bonds is 7. The predicted octanol–water partition coefficient (Wildman–Crippen LogP) is 3.88. The van der Waals surface area contributed by atoms with Crippen molar-refractivity contribution in [2.24, 2.45) is 0 Å². The highest BCUT2D eigenvalue weighted by molar-refractivity contribution is 5.95. The maximum atomic E-state index is 12.7. The van der Waals surface area contributed by atoms with Crippen molar-refractivity contribution in [3.05, 3.63) is 77.5 Å². The molecule has 2 aromatic carbocycles. The molecule has 0 saturated carbocycles. The van der Waals surface area contributed by atoms with E-state index in [0.29, 0.717) is 62.7 Å². The molecule has 1 amide bonds. The number of ether oxygens (including phenoxy) is 2. The predicted molar refractivity (Wildman–Crippen MR) is 140 cm³/mol. The third kappa shape index (κ3) is 5.81. The van der Waals surface area contributed by atoms with Crippen molar-refractivity contribution in [3.63, 3.8) is 0 Å². The first-order valence-electron chi connectivity index (χ1n) is 12.4. The summed E-state index contributed by atoms with van der Waals surface area (Å²) in [6.45, 7) is 2.33. The molecule has 1 fully saturated rings. The van der Waals surface area contributed by atoms with Crippen molar-refractivity contribution < 1.29 is 24.2 Å². The first-order valence-corrected chi connectivity index (χ1v) is 12.4. The number of nitrogen functional groups attached to an aromatic ring is 1. The van der Waals surface area contributed by atoms with Crippen LogP contribution in [-0.2, 0) is 16.0 Å². The van der Waals surface area contributed by atoms with Gasteiger partial charge in [0.1, 0.15) is 11.9 Å². The van der Waals surface area contributed by atoms with Gasteiger partial charge in [-0.2, -0.15) is 0 Å². The lowest BCUT2D eigenvalue weighted by molar-refractivity contribution is -0.115. The normalized spacial score (nSPS) is 17.0. The molecule has 2 aliphatic heterocycles. The molecule has 0 aliphatic carbocycles. The van der Waals surface area contributed by atoms with Crippen LogP contribution in [0.5, 0.6) is 11.5 Å². The van der Waals surface area contributed by atoms with E-state index in [1.54, 1.807) is 41.4 Å². The molecule has 0 radical (unpaired) electrons. The Morgan fingerprint density at radius 3 is 2.59 bits per heavy atom. The van der Waals surface area contributed by atoms with E-state index in [2.05, 4.69) is 4.98 Å². The Balaban J connectivity index is 1.19. The minimum Gasteiger partial charge on any atom is -0.504 e. The number of ketones is 1. The summed E-state index contributed by atoms with van der Waals surface area (Å²) in [5, 5.41) is 10.6. The number of amides is 1. The lowest BCUT2D eigenvalue weighted by Gasteiger charge is -2.26. The zero-order valence-electron chi connectivity index (χ0n) is 20.4. The number of fused-ring (bicyclic) bond motifs is 1. The number of phenolic OH excluding ortho intramolecular Hbond substituents is 1. The maximum absolute atomic E-state index is 12.7. The van der Waals surface area contributed by atoms with Crippen LogP contribution >= 0.6 is 0 Å². The van der Waals surface area contributed by atoms with E-state index in [1.807, 2.05) is 30.3 Å². The summed E-state index contributed by atoms with van der Waals surface area (Å²) in [7, 11) is 0. The number of aromatic hydroxyl groups is 1. The van der Waals surface area contributed by atoms with Crippen LogP contribution in [0, 0.1) is 0 Å². The monoisotopic (exact) mass is 499 g/mol. The summed E-state index contributed by atoms with van der Waals surface area (Å²) < 4.78 is 11.3. The number of hydrogen-bond acceptors (Lipinski definition) is 7. The standard InChI is InChI=1S/C29H29N3O5/c30-27-10-2-19(18-31-27)1-7-24(33)8-9-25-16-23-15-22(17-26(34)28(23)37-25)20-3-5-21(6-4-20)29(35)32-11-13-36-14-12-32/h1-7,10,15,17-18,25,34H,8-9,11-14,16H2,(H2,30,31)/b7-1+. The number of nitrogens with two attached hydrogens (primary N) is 1. The van der Waals surface area contributed by atoms with E-state index in [1.165, 1.54) is 0 Å². The van der Waals surface area contributed by atoms with Crippen molar-refractivity contribution in [1.82, 2.24) is 9.88 Å². The number of nitrogens with zero attached hydrogens (tertiary/aromatic N) is 2. The molecule has 37 heavy (non-hydrogen) atoms. The van der Waals surface area contributed by atoms with Gasteiger partial charge in [-0.05, 0) is 71.7 Å². The Morgan fingerprint density at radius 1 is 1.08 bits per heavy atom. The molecule has 190 valence electrons. The van der Waals surface area contributed by atoms with Gasteiger partial charge in [-0.3, -0.25) is 9.59 Å². The molecular formula is C29H29N3O5. The third-order valence-electron chi connectivity index (χ3n) is 6.63. The Bertz CT molecular complexity index is 1310. The Labute approximate surface area is 215 Å². The van der Waals surface area contributed by atoms with Crippen LogP contribution < -0.4 is 10.5 Å². The number of pyridine rings is 1. The molecule has 2 aliphatic rings. The van der Waals surface area contributed by atoms with Gasteiger partial charge in [0.2, 0.25) is 0 Å². The van der Waals surface area contributed by atoms with Gasteiger partial charge < -0.3 is 25.2 Å². The van der Waals surface area contributed by atoms with Gasteiger partial charge in [-0.15, -0.1) is 0 Å². The van der Waals surface area contributed by atoms with Crippen molar-refractivity contribution in [2.75, 3.05) is 32.0 Å². The largest absolute Gasteiger partial charge is 0.504 e. The molecule has 3 heterocycles. The lowest BCUT2D eigenvalue weighted by atomic mass is 9.98. The molecule has 0 spiro atoms. The van der Waals surface area contributed by atoms with Gasteiger partial charge in [0, 0.05) is 43.3 Å². The average molecular weight is 500 g/mol. The highest BCUT2D eigenvalue weighted by Gasteiger charge is 2.27. The second kappa shape index (κ2) is 10.8. The minimum absolute atomic E-state index is 0.00239. The number of allylic oxidation sites excluding steroid dienone is 1. The van der Waals surface area contributed by atoms with E-state index in [9.17, 15) is 14.7 Å². The van der Waals surface area contributed by atoms with Crippen LogP contribution in [0.15, 0.2) is 60.8 Å². The van der Waals surface area contributed by atoms with Crippen LogP contribution in [0.2, 0.25) is 0 Å². The van der Waals surface area contributed by atoms with Gasteiger partial charge in [0.05, 0.1) is 13.2 Å². The van der Waals surface area contributed by atoms with E-state index >= 15 is 0 Å². The van der Waals surface area contributed by atoms with Crippen LogP contribution in [-0.4, -0.2) is 59.1 Å². The van der Waals surface area contributed by atoms with Crippen LogP contribution in [0.4, 0.5) is 5.82 Å². The fraction of sp³-hybridized carbons (Fsp3) is 0.276. The molecule has 0 bridgehead atoms. The number of benzene rings is 2. The van der Waals surface area contributed by atoms with E-state index in [0.717, 1.165) is 22.3 Å². The average Bonchev–Trinajstić information content (AvgIpc) is 3.35. The number of hydrogen-bond donors (Lipinski definition) is 2. The molecule has 1 unspecified atom stereocenters. The van der Waals surface area contributed by atoms with Gasteiger partial charge in [-0.25, -0.2) is 4.98 Å². The maximum Gasteiger partial charge on any atom is 0.254 e. The number of phenols is 1. The molecule has 1 atom stereocenters. The van der Waals surface area contributed by atoms with Gasteiger partial charge in [-0.1, -0.05) is 12.1 Å². The number of carbonyl (C=O) groups is 2. The minimum atomic E-state index is -0.180. The quantitative estimate of drug-likeness (QED) is 0.474. The van der Waals surface area contributed by atoms with Crippen LogP contribution in [0.3, 0.4) is 0 Å². The van der Waals surface area contributed by atoms with Crippen LogP contribution in [0.25, 0.3) is 17.2 Å². The Morgan fingerprint density at radius 2 is 1.86 bits per heavy atom. The lowest BCUT2D eigenvalue weighted by Crippen LogP contribution is -2.40. The topological polar surface area (TPSA) is 115 Å². The van der Waals surface area contributed by atoms with Gasteiger partial charge >= 0.3 is 0 Å². The molecule has 1 aromatic heterocycles. The number of anilines is 1. The zero-order valence-corrected chi connectivity index (χ0v) is 20.4. The smallest absolute Gasteiger partial charge is 0.254 e. The van der Waals surface area contributed by atoms with E-state index in [-0.39, 0.29) is 23.5 Å². The zero-order chi connectivity index (χ0) is 25.8. The summed E-state index contributed by atoms with van der Waals surface area (Å²) in [6.07, 6.45) is 6.19. The highest BCUT2D eigenvalue weighted by atomic mass is 16.5. The third-order valence-corrected chi connectivity index (χ3v) is 6.63. The summed E-state index contributed by atoms with van der Waals surface area (Å²) in [5.74, 6) is 0.975. The fourth-order valence-corrected chi connectivity index (χ4v) is 4.59. The summed E-state index contributed by atoms with van der Waals surface area (Å²) in [4.78, 5) is 30.8. The number of morpholine rings is 1. The second-order valence-electron chi connectivity index (χ2n) is 9.26. The van der Waals surface area contributed by atoms with Gasteiger partial charge in [0.25, 0.3) is 5.91 Å². The molecule has 8 nitrogen and oxygen atoms in total. The van der Waals surface area contributed by atoms with E-state index in [4.69, 9.17) is 15.2 Å². The van der Waals surface area contributed by atoms with E-state index < -0.39 is 0 Å². The SMILES string of the molecule is Nc1ccc(/C=C/C(=O)CCC2Cc3cc(-c4ccc(C(=O)N5CCOCC5)cc4)cc(O)c3O2)cn1. The van der Waals surface area contributed by atoms with Crippen molar-refractivity contribution in [3.8, 4) is 22.6 Å². The van der Waals surface area contributed by atoms with Crippen molar-refractivity contribution >= 4 is 23.6 Å². The highest BCUT2D eigenvalue weighted by Crippen LogP contribution is 2.41. The molecule has 3 aromatic rings. The fourth-order valence-electron chi connectivity index (χ4n) is 4.59. The first kappa shape index (κ1) is 24.5.